The average molecular weight is 169 g/mol. The van der Waals surface area contributed by atoms with Gasteiger partial charge in [-0.3, -0.25) is 4.79 Å². The number of hydrogen-bond acceptors (Lipinski definition) is 3. The zero-order chi connectivity index (χ0) is 9.14. The molecule has 0 unspecified atom stereocenters. The topological polar surface area (TPSA) is 68.9 Å². The van der Waals surface area contributed by atoms with Gasteiger partial charge in [0.2, 0.25) is 5.95 Å². The predicted octanol–water partition coefficient (Wildman–Crippen LogP) is 0.277. The maximum atomic E-state index is 12.5. The number of nitrogens with two attached hydrogens (primary N) is 1. The fraction of sp³-hybridized carbons (Fsp3) is 0.286. The largest absolute Gasteiger partial charge is 0.364 e. The molecule has 0 bridgehead atoms. The van der Waals surface area contributed by atoms with Gasteiger partial charge in [-0.05, 0) is 6.42 Å². The van der Waals surface area contributed by atoms with Gasteiger partial charge < -0.3 is 5.73 Å². The minimum absolute atomic E-state index is 0.0406. The zero-order valence-electron chi connectivity index (χ0n) is 6.54. The first-order valence-electron chi connectivity index (χ1n) is 3.46. The summed E-state index contributed by atoms with van der Waals surface area (Å²) in [6.45, 7) is 1.75. The molecule has 0 aliphatic heterocycles. The van der Waals surface area contributed by atoms with Crippen molar-refractivity contribution in [1.29, 1.82) is 0 Å². The van der Waals surface area contributed by atoms with Crippen LogP contribution in [0.5, 0.6) is 0 Å². The molecule has 64 valence electrons. The number of rotatable bonds is 2. The van der Waals surface area contributed by atoms with Gasteiger partial charge in [0, 0.05) is 0 Å². The molecule has 1 amide bonds. The molecule has 4 nitrogen and oxygen atoms in total. The Morgan fingerprint density at radius 3 is 2.92 bits per heavy atom. The summed E-state index contributed by atoms with van der Waals surface area (Å²) in [4.78, 5) is 17.7. The van der Waals surface area contributed by atoms with Crippen LogP contribution in [0.25, 0.3) is 0 Å². The number of amides is 1. The summed E-state index contributed by atoms with van der Waals surface area (Å²) in [7, 11) is 0. The normalized spacial score (nSPS) is 9.83. The molecule has 12 heavy (non-hydrogen) atoms. The third-order valence-electron chi connectivity index (χ3n) is 1.38. The number of hydrogen-bond donors (Lipinski definition) is 1. The minimum Gasteiger partial charge on any atom is -0.364 e. The summed E-state index contributed by atoms with van der Waals surface area (Å²) < 4.78 is 12.5. The van der Waals surface area contributed by atoms with E-state index in [1.165, 1.54) is 0 Å². The van der Waals surface area contributed by atoms with Crippen molar-refractivity contribution < 1.29 is 9.18 Å². The maximum absolute atomic E-state index is 12.5. The molecule has 0 saturated heterocycles. The second kappa shape index (κ2) is 3.25. The smallest absolute Gasteiger partial charge is 0.269 e. The third kappa shape index (κ3) is 1.55. The van der Waals surface area contributed by atoms with Gasteiger partial charge in [-0.25, -0.2) is 9.97 Å². The van der Waals surface area contributed by atoms with Crippen LogP contribution in [-0.2, 0) is 6.42 Å². The quantitative estimate of drug-likeness (QED) is 0.691. The van der Waals surface area contributed by atoms with Crippen molar-refractivity contribution in [3.63, 3.8) is 0 Å². The molecule has 0 atom stereocenters. The maximum Gasteiger partial charge on any atom is 0.269 e. The highest BCUT2D eigenvalue weighted by atomic mass is 19.1. The van der Waals surface area contributed by atoms with E-state index in [-0.39, 0.29) is 5.69 Å². The number of halogens is 1. The summed E-state index contributed by atoms with van der Waals surface area (Å²) in [5.74, 6) is -1.38. The molecule has 0 fully saturated rings. The molecular formula is C7H8FN3O. The second-order valence-electron chi connectivity index (χ2n) is 2.21. The van der Waals surface area contributed by atoms with Gasteiger partial charge >= 0.3 is 0 Å². The van der Waals surface area contributed by atoms with Crippen LogP contribution in [0.3, 0.4) is 0 Å². The lowest BCUT2D eigenvalue weighted by molar-refractivity contribution is 0.0994. The molecule has 0 saturated carbocycles. The summed E-state index contributed by atoms with van der Waals surface area (Å²) in [5, 5.41) is 0. The molecule has 0 radical (unpaired) electrons. The molecule has 0 aliphatic carbocycles. The molecule has 2 N–H and O–H groups in total. The van der Waals surface area contributed by atoms with Gasteiger partial charge in [0.05, 0.1) is 11.9 Å². The van der Waals surface area contributed by atoms with Crippen molar-refractivity contribution in [2.24, 2.45) is 5.73 Å². The van der Waals surface area contributed by atoms with Gasteiger partial charge in [0.25, 0.3) is 5.91 Å². The van der Waals surface area contributed by atoms with Crippen molar-refractivity contribution in [2.45, 2.75) is 13.3 Å². The standard InChI is InChI=1S/C7H8FN3O/c1-2-4-6(7(9)12)10-3-5(8)11-4/h3H,2H2,1H3,(H2,9,12). The number of aromatic nitrogens is 2. The van der Waals surface area contributed by atoms with E-state index in [4.69, 9.17) is 5.73 Å². The molecule has 1 rings (SSSR count). The number of primary amides is 1. The van der Waals surface area contributed by atoms with Crippen LogP contribution in [0.4, 0.5) is 4.39 Å². The molecule has 0 aliphatic rings. The molecular weight excluding hydrogens is 161 g/mol. The average Bonchev–Trinajstić information content (AvgIpc) is 2.03. The van der Waals surface area contributed by atoms with Crippen LogP contribution < -0.4 is 5.73 Å². The molecule has 1 aromatic heterocycles. The Kier molecular flexibility index (Phi) is 2.32. The van der Waals surface area contributed by atoms with Crippen LogP contribution >= 0.6 is 0 Å². The van der Waals surface area contributed by atoms with Crippen molar-refractivity contribution >= 4 is 5.91 Å². The van der Waals surface area contributed by atoms with E-state index in [0.717, 1.165) is 6.20 Å². The van der Waals surface area contributed by atoms with Crippen LogP contribution in [0, 0.1) is 5.95 Å². The van der Waals surface area contributed by atoms with Gasteiger partial charge in [-0.15, -0.1) is 0 Å². The van der Waals surface area contributed by atoms with Crippen molar-refractivity contribution in [3.05, 3.63) is 23.5 Å². The van der Waals surface area contributed by atoms with Crippen LogP contribution in [-0.4, -0.2) is 15.9 Å². The second-order valence-corrected chi connectivity index (χ2v) is 2.21. The SMILES string of the molecule is CCc1nc(F)cnc1C(N)=O. The van der Waals surface area contributed by atoms with E-state index < -0.39 is 11.9 Å². The van der Waals surface area contributed by atoms with E-state index in [9.17, 15) is 9.18 Å². The summed E-state index contributed by atoms with van der Waals surface area (Å²) >= 11 is 0. The summed E-state index contributed by atoms with van der Waals surface area (Å²) in [6.07, 6.45) is 1.31. The minimum atomic E-state index is -0.697. The monoisotopic (exact) mass is 169 g/mol. The Morgan fingerprint density at radius 1 is 1.75 bits per heavy atom. The van der Waals surface area contributed by atoms with Crippen molar-refractivity contribution in [3.8, 4) is 0 Å². The van der Waals surface area contributed by atoms with E-state index in [2.05, 4.69) is 9.97 Å². The number of carbonyl (C=O) groups is 1. The Labute approximate surface area is 68.6 Å². The molecule has 5 heteroatoms. The first-order valence-corrected chi connectivity index (χ1v) is 3.46. The van der Waals surface area contributed by atoms with Gasteiger partial charge in [-0.1, -0.05) is 6.92 Å². The van der Waals surface area contributed by atoms with Crippen LogP contribution in [0.15, 0.2) is 6.20 Å². The lowest BCUT2D eigenvalue weighted by Gasteiger charge is -2.00. The predicted molar refractivity (Wildman–Crippen MR) is 39.9 cm³/mol. The third-order valence-corrected chi connectivity index (χ3v) is 1.38. The van der Waals surface area contributed by atoms with E-state index >= 15 is 0 Å². The van der Waals surface area contributed by atoms with E-state index in [1.807, 2.05) is 0 Å². The lowest BCUT2D eigenvalue weighted by atomic mass is 10.2. The fourth-order valence-electron chi connectivity index (χ4n) is 0.855. The van der Waals surface area contributed by atoms with Crippen LogP contribution in [0.1, 0.15) is 23.1 Å². The zero-order valence-corrected chi connectivity index (χ0v) is 6.54. The van der Waals surface area contributed by atoms with E-state index in [1.54, 1.807) is 6.92 Å². The van der Waals surface area contributed by atoms with Crippen molar-refractivity contribution in [2.75, 3.05) is 0 Å². The Bertz CT molecular complexity index is 314. The Morgan fingerprint density at radius 2 is 2.42 bits per heavy atom. The molecule has 0 aromatic carbocycles. The van der Waals surface area contributed by atoms with E-state index in [0.29, 0.717) is 12.1 Å². The lowest BCUT2D eigenvalue weighted by Crippen LogP contribution is -2.17. The van der Waals surface area contributed by atoms with Crippen LogP contribution in [0.2, 0.25) is 0 Å². The van der Waals surface area contributed by atoms with Gasteiger partial charge in [0.15, 0.2) is 0 Å². The highest BCUT2D eigenvalue weighted by molar-refractivity contribution is 5.91. The first kappa shape index (κ1) is 8.58. The number of nitrogens with zero attached hydrogens (tertiary/aromatic N) is 2. The Hall–Kier alpha value is -1.52. The van der Waals surface area contributed by atoms with Gasteiger partial charge in [-0.2, -0.15) is 4.39 Å². The molecule has 1 heterocycles. The fourth-order valence-corrected chi connectivity index (χ4v) is 0.855. The molecule has 1 aromatic rings. The van der Waals surface area contributed by atoms with Crippen molar-refractivity contribution in [1.82, 2.24) is 9.97 Å². The highest BCUT2D eigenvalue weighted by Gasteiger charge is 2.10. The Balaban J connectivity index is 3.20. The molecule has 0 spiro atoms. The first-order chi connectivity index (χ1) is 5.65. The summed E-state index contributed by atoms with van der Waals surface area (Å²) in [5.41, 5.74) is 5.31. The number of aryl methyl sites for hydroxylation is 1. The highest BCUT2D eigenvalue weighted by Crippen LogP contribution is 2.03. The number of carbonyl (C=O) groups excluding carboxylic acids is 1. The summed E-state index contributed by atoms with van der Waals surface area (Å²) in [6, 6.07) is 0. The van der Waals surface area contributed by atoms with Gasteiger partial charge in [0.1, 0.15) is 5.69 Å².